The van der Waals surface area contributed by atoms with Crippen molar-refractivity contribution in [3.8, 4) is 0 Å². The van der Waals surface area contributed by atoms with Gasteiger partial charge in [-0.2, -0.15) is 0 Å². The number of halogens is 1. The van der Waals surface area contributed by atoms with E-state index in [1.54, 1.807) is 18.2 Å². The number of nitro benzene ring substituents is 1. The van der Waals surface area contributed by atoms with Crippen molar-refractivity contribution in [2.45, 2.75) is 0 Å². The predicted molar refractivity (Wildman–Crippen MR) is 113 cm³/mol. The lowest BCUT2D eigenvalue weighted by Gasteiger charge is -2.11. The van der Waals surface area contributed by atoms with E-state index in [0.29, 0.717) is 5.56 Å². The third-order valence-corrected chi connectivity index (χ3v) is 4.08. The highest BCUT2D eigenvalue weighted by molar-refractivity contribution is 14.1. The summed E-state index contributed by atoms with van der Waals surface area (Å²) in [7, 11) is 0. The summed E-state index contributed by atoms with van der Waals surface area (Å²) in [6, 6.07) is 10.5. The topological polar surface area (TPSA) is 122 Å². The molecule has 0 heterocycles. The fourth-order valence-corrected chi connectivity index (χ4v) is 2.73. The molecule has 0 atom stereocenters. The quantitative estimate of drug-likeness (QED) is 0.190. The van der Waals surface area contributed by atoms with Gasteiger partial charge in [-0.25, -0.2) is 4.79 Å². The van der Waals surface area contributed by atoms with E-state index >= 15 is 0 Å². The number of rotatable bonds is 5. The van der Waals surface area contributed by atoms with Gasteiger partial charge in [0.2, 0.25) is 5.91 Å². The molecule has 0 saturated carbocycles. The number of nitro groups is 1. The maximum atomic E-state index is 11.9. The Morgan fingerprint density at radius 2 is 1.96 bits per heavy atom. The highest BCUT2D eigenvalue weighted by Crippen LogP contribution is 2.19. The van der Waals surface area contributed by atoms with E-state index in [1.807, 2.05) is 22.6 Å². The van der Waals surface area contributed by atoms with Gasteiger partial charge in [-0.05, 0) is 64.6 Å². The number of nitrogens with one attached hydrogen (secondary N) is 2. The molecular weight excluding hydrogens is 485 g/mol. The highest BCUT2D eigenvalue weighted by atomic mass is 127. The van der Waals surface area contributed by atoms with Crippen molar-refractivity contribution in [2.75, 3.05) is 5.32 Å². The van der Waals surface area contributed by atoms with Crippen LogP contribution in [0.2, 0.25) is 0 Å². The number of thiocarbonyl (C=S) groups is 1. The zero-order valence-corrected chi connectivity index (χ0v) is 16.5. The molecule has 138 valence electrons. The Morgan fingerprint density at radius 3 is 2.63 bits per heavy atom. The Balaban J connectivity index is 2.02. The van der Waals surface area contributed by atoms with Crippen LogP contribution in [0.1, 0.15) is 15.9 Å². The molecule has 0 aliphatic carbocycles. The summed E-state index contributed by atoms with van der Waals surface area (Å²) in [5, 5.41) is 24.9. The van der Waals surface area contributed by atoms with Crippen molar-refractivity contribution < 1.29 is 19.6 Å². The Labute approximate surface area is 172 Å². The molecule has 27 heavy (non-hydrogen) atoms. The van der Waals surface area contributed by atoms with E-state index in [-0.39, 0.29) is 22.1 Å². The van der Waals surface area contributed by atoms with Gasteiger partial charge >= 0.3 is 5.97 Å². The zero-order valence-electron chi connectivity index (χ0n) is 13.5. The maximum absolute atomic E-state index is 11.9. The molecular formula is C17H12IN3O5S. The Morgan fingerprint density at radius 1 is 1.22 bits per heavy atom. The number of carboxylic acids is 1. The van der Waals surface area contributed by atoms with E-state index in [2.05, 4.69) is 10.6 Å². The third kappa shape index (κ3) is 6.11. The van der Waals surface area contributed by atoms with Crippen LogP contribution in [0.15, 0.2) is 48.5 Å². The minimum atomic E-state index is -1.13. The van der Waals surface area contributed by atoms with Crippen LogP contribution in [0.25, 0.3) is 6.08 Å². The number of nitrogens with zero attached hydrogens (tertiary/aromatic N) is 1. The molecule has 0 bridgehead atoms. The van der Waals surface area contributed by atoms with Crippen LogP contribution in [-0.2, 0) is 4.79 Å². The first kappa shape index (κ1) is 20.5. The summed E-state index contributed by atoms with van der Waals surface area (Å²) in [5.74, 6) is -1.70. The minimum absolute atomic E-state index is 0.0191. The van der Waals surface area contributed by atoms with Gasteiger partial charge in [-0.15, -0.1) is 0 Å². The summed E-state index contributed by atoms with van der Waals surface area (Å²) >= 11 is 7.00. The number of amides is 1. The molecule has 2 aromatic rings. The normalized spacial score (nSPS) is 10.4. The fourth-order valence-electron chi connectivity index (χ4n) is 2.02. The number of carbonyl (C=O) groups excluding carboxylic acids is 1. The molecule has 10 heteroatoms. The number of aromatic carboxylic acids is 1. The van der Waals surface area contributed by atoms with Crippen molar-refractivity contribution in [1.29, 1.82) is 0 Å². The van der Waals surface area contributed by atoms with Crippen LogP contribution < -0.4 is 10.6 Å². The van der Waals surface area contributed by atoms with Crippen molar-refractivity contribution in [2.24, 2.45) is 0 Å². The molecule has 2 aromatic carbocycles. The smallest absolute Gasteiger partial charge is 0.337 e. The first-order valence-corrected chi connectivity index (χ1v) is 8.82. The molecule has 3 N–H and O–H groups in total. The molecule has 0 spiro atoms. The summed E-state index contributed by atoms with van der Waals surface area (Å²) in [4.78, 5) is 33.4. The Hall–Kier alpha value is -2.86. The van der Waals surface area contributed by atoms with Crippen LogP contribution in [-0.4, -0.2) is 27.0 Å². The van der Waals surface area contributed by atoms with Crippen molar-refractivity contribution in [3.05, 3.63) is 73.4 Å². The summed E-state index contributed by atoms with van der Waals surface area (Å²) in [6.45, 7) is 0. The van der Waals surface area contributed by atoms with Gasteiger partial charge in [-0.3, -0.25) is 20.2 Å². The largest absolute Gasteiger partial charge is 0.478 e. The van der Waals surface area contributed by atoms with Gasteiger partial charge in [0.25, 0.3) is 5.69 Å². The van der Waals surface area contributed by atoms with Gasteiger partial charge in [0.1, 0.15) is 0 Å². The van der Waals surface area contributed by atoms with Crippen molar-refractivity contribution in [3.63, 3.8) is 0 Å². The SMILES string of the molecule is O=C(C=Cc1cccc([N+](=O)[O-])c1)NC(=S)Nc1ccc(I)cc1C(=O)O. The predicted octanol–water partition coefficient (Wildman–Crippen LogP) is 3.42. The van der Waals surface area contributed by atoms with Crippen molar-refractivity contribution in [1.82, 2.24) is 5.32 Å². The number of hydrogen-bond donors (Lipinski definition) is 3. The second-order valence-corrected chi connectivity index (χ2v) is 6.78. The number of benzene rings is 2. The third-order valence-electron chi connectivity index (χ3n) is 3.21. The second kappa shape index (κ2) is 9.19. The Kier molecular flexibility index (Phi) is 6.96. The van der Waals surface area contributed by atoms with Gasteiger partial charge < -0.3 is 10.4 Å². The molecule has 0 aliphatic rings. The molecule has 8 nitrogen and oxygen atoms in total. The van der Waals surface area contributed by atoms with E-state index in [4.69, 9.17) is 12.2 Å². The summed E-state index contributed by atoms with van der Waals surface area (Å²) in [5.41, 5.74) is 0.653. The van der Waals surface area contributed by atoms with Gasteiger partial charge in [0, 0.05) is 21.8 Å². The average molecular weight is 497 g/mol. The fraction of sp³-hybridized carbons (Fsp3) is 0. The molecule has 0 aliphatic heterocycles. The second-order valence-electron chi connectivity index (χ2n) is 5.12. The molecule has 0 fully saturated rings. The number of anilines is 1. The molecule has 0 unspecified atom stereocenters. The molecule has 1 amide bonds. The summed E-state index contributed by atoms with van der Waals surface area (Å²) in [6.07, 6.45) is 2.57. The van der Waals surface area contributed by atoms with Gasteiger partial charge in [0.05, 0.1) is 16.2 Å². The van der Waals surface area contributed by atoms with Crippen LogP contribution in [0.5, 0.6) is 0 Å². The van der Waals surface area contributed by atoms with E-state index < -0.39 is 16.8 Å². The lowest BCUT2D eigenvalue weighted by Crippen LogP contribution is -2.33. The first-order valence-electron chi connectivity index (χ1n) is 7.33. The number of carbonyl (C=O) groups is 2. The van der Waals surface area contributed by atoms with E-state index in [0.717, 1.165) is 3.57 Å². The average Bonchev–Trinajstić information content (AvgIpc) is 2.61. The Bertz CT molecular complexity index is 961. The van der Waals surface area contributed by atoms with Crippen LogP contribution >= 0.6 is 34.8 Å². The zero-order chi connectivity index (χ0) is 20.0. The first-order chi connectivity index (χ1) is 12.8. The molecule has 0 saturated heterocycles. The molecule has 0 aromatic heterocycles. The maximum Gasteiger partial charge on any atom is 0.337 e. The highest BCUT2D eigenvalue weighted by Gasteiger charge is 2.12. The minimum Gasteiger partial charge on any atom is -0.478 e. The number of carboxylic acid groups (broad SMARTS) is 1. The van der Waals surface area contributed by atoms with Gasteiger partial charge in [-0.1, -0.05) is 12.1 Å². The molecule has 0 radical (unpaired) electrons. The van der Waals surface area contributed by atoms with E-state index in [9.17, 15) is 24.8 Å². The van der Waals surface area contributed by atoms with E-state index in [1.165, 1.54) is 36.4 Å². The summed E-state index contributed by atoms with van der Waals surface area (Å²) < 4.78 is 0.741. The number of non-ortho nitro benzene ring substituents is 1. The standard InChI is InChI=1S/C17H12IN3O5S/c18-11-5-6-14(13(9-11)16(23)24)19-17(27)20-15(22)7-4-10-2-1-3-12(8-10)21(25)26/h1-9H,(H,23,24)(H2,19,20,22,27). The van der Waals surface area contributed by atoms with Crippen LogP contribution in [0, 0.1) is 13.7 Å². The molecule has 2 rings (SSSR count). The van der Waals surface area contributed by atoms with Crippen LogP contribution in [0.3, 0.4) is 0 Å². The lowest BCUT2D eigenvalue weighted by molar-refractivity contribution is -0.384. The number of hydrogen-bond acceptors (Lipinski definition) is 5. The van der Waals surface area contributed by atoms with Crippen LogP contribution in [0.4, 0.5) is 11.4 Å². The monoisotopic (exact) mass is 497 g/mol. The lowest BCUT2D eigenvalue weighted by atomic mass is 10.2. The van der Waals surface area contributed by atoms with Gasteiger partial charge in [0.15, 0.2) is 5.11 Å². The van der Waals surface area contributed by atoms with Crippen molar-refractivity contribution >= 4 is 69.2 Å².